The number of pyridine rings is 1. The van der Waals surface area contributed by atoms with Gasteiger partial charge in [-0.25, -0.2) is 0 Å². The van der Waals surface area contributed by atoms with E-state index < -0.39 is 0 Å². The summed E-state index contributed by atoms with van der Waals surface area (Å²) in [5.74, 6) is 0.353. The molecule has 4 nitrogen and oxygen atoms in total. The Labute approximate surface area is 95.5 Å². The minimum atomic E-state index is -0.246. The van der Waals surface area contributed by atoms with Gasteiger partial charge in [0.25, 0.3) is 0 Å². The molecule has 1 aliphatic heterocycles. The molecule has 0 amide bonds. The number of rotatable bonds is 3. The molecule has 88 valence electrons. The Balaban J connectivity index is 2.08. The number of aromatic nitrogens is 1. The number of aliphatic hydroxyl groups is 2. The molecule has 1 saturated heterocycles. The first-order valence-electron chi connectivity index (χ1n) is 5.69. The quantitative estimate of drug-likeness (QED) is 0.793. The van der Waals surface area contributed by atoms with Gasteiger partial charge in [0.05, 0.1) is 18.4 Å². The average Bonchev–Trinajstić information content (AvgIpc) is 2.78. The number of aliphatic hydroxyl groups excluding tert-OH is 2. The minimum absolute atomic E-state index is 0.0263. The highest BCUT2D eigenvalue weighted by Gasteiger charge is 2.26. The lowest BCUT2D eigenvalue weighted by atomic mass is 10.0. The van der Waals surface area contributed by atoms with Crippen LogP contribution in [0.25, 0.3) is 0 Å². The van der Waals surface area contributed by atoms with Crippen LogP contribution in [0.4, 0.5) is 5.69 Å². The van der Waals surface area contributed by atoms with Gasteiger partial charge in [0, 0.05) is 30.9 Å². The first-order valence-corrected chi connectivity index (χ1v) is 5.69. The van der Waals surface area contributed by atoms with Crippen molar-refractivity contribution >= 4 is 5.69 Å². The lowest BCUT2D eigenvalue weighted by molar-refractivity contribution is 0.136. The first kappa shape index (κ1) is 11.4. The number of nitrogens with zero attached hydrogens (tertiary/aromatic N) is 2. The molecular formula is C12H18N2O2. The molecule has 1 aliphatic rings. The molecule has 0 aromatic carbocycles. The lowest BCUT2D eigenvalue weighted by Crippen LogP contribution is -2.24. The van der Waals surface area contributed by atoms with Crippen molar-refractivity contribution in [2.45, 2.75) is 26.1 Å². The molecule has 0 radical (unpaired) electrons. The van der Waals surface area contributed by atoms with Crippen molar-refractivity contribution in [2.24, 2.45) is 5.92 Å². The Morgan fingerprint density at radius 2 is 2.44 bits per heavy atom. The number of hydrogen-bond donors (Lipinski definition) is 2. The highest BCUT2D eigenvalue weighted by molar-refractivity contribution is 5.47. The zero-order chi connectivity index (χ0) is 11.5. The van der Waals surface area contributed by atoms with Gasteiger partial charge in [0.2, 0.25) is 0 Å². The van der Waals surface area contributed by atoms with Gasteiger partial charge in [-0.3, -0.25) is 4.98 Å². The van der Waals surface area contributed by atoms with Gasteiger partial charge in [-0.1, -0.05) is 0 Å². The Morgan fingerprint density at radius 1 is 1.62 bits per heavy atom. The SMILES string of the molecule is CC(O)C1CCN(c2ccnc(CO)c2)C1. The minimum Gasteiger partial charge on any atom is -0.393 e. The maximum atomic E-state index is 9.54. The third kappa shape index (κ3) is 2.33. The Kier molecular flexibility index (Phi) is 3.41. The van der Waals surface area contributed by atoms with Crippen LogP contribution in [-0.4, -0.2) is 34.4 Å². The van der Waals surface area contributed by atoms with Crippen LogP contribution < -0.4 is 4.90 Å². The van der Waals surface area contributed by atoms with Crippen molar-refractivity contribution in [3.63, 3.8) is 0 Å². The summed E-state index contributed by atoms with van der Waals surface area (Å²) in [4.78, 5) is 6.29. The molecule has 4 heteroatoms. The van der Waals surface area contributed by atoms with Crippen LogP contribution in [0.2, 0.25) is 0 Å². The van der Waals surface area contributed by atoms with Gasteiger partial charge in [-0.05, 0) is 25.5 Å². The molecule has 1 aromatic heterocycles. The third-order valence-electron chi connectivity index (χ3n) is 3.23. The van der Waals surface area contributed by atoms with Crippen LogP contribution in [0.3, 0.4) is 0 Å². The van der Waals surface area contributed by atoms with Crippen LogP contribution in [0.1, 0.15) is 19.0 Å². The van der Waals surface area contributed by atoms with Crippen molar-refractivity contribution < 1.29 is 10.2 Å². The van der Waals surface area contributed by atoms with E-state index in [1.807, 2.05) is 19.1 Å². The highest BCUT2D eigenvalue weighted by Crippen LogP contribution is 2.25. The third-order valence-corrected chi connectivity index (χ3v) is 3.23. The smallest absolute Gasteiger partial charge is 0.0853 e. The largest absolute Gasteiger partial charge is 0.393 e. The zero-order valence-electron chi connectivity index (χ0n) is 9.50. The van der Waals surface area contributed by atoms with Crippen molar-refractivity contribution in [1.29, 1.82) is 0 Å². The van der Waals surface area contributed by atoms with E-state index in [2.05, 4.69) is 9.88 Å². The molecule has 2 rings (SSSR count). The topological polar surface area (TPSA) is 56.6 Å². The normalized spacial score (nSPS) is 22.4. The summed E-state index contributed by atoms with van der Waals surface area (Å²) in [6.07, 6.45) is 2.49. The molecule has 0 aliphatic carbocycles. The van der Waals surface area contributed by atoms with Gasteiger partial charge in [0.1, 0.15) is 0 Å². The van der Waals surface area contributed by atoms with Gasteiger partial charge in [-0.15, -0.1) is 0 Å². The van der Waals surface area contributed by atoms with Crippen molar-refractivity contribution in [2.75, 3.05) is 18.0 Å². The second-order valence-corrected chi connectivity index (χ2v) is 4.40. The standard InChI is InChI=1S/C12H18N2O2/c1-9(16)10-3-5-14(7-10)12-2-4-13-11(6-12)8-15/h2,4,6,9-10,15-16H,3,5,7-8H2,1H3. The molecule has 2 N–H and O–H groups in total. The predicted molar refractivity (Wildman–Crippen MR) is 62.2 cm³/mol. The van der Waals surface area contributed by atoms with Gasteiger partial charge >= 0.3 is 0 Å². The fourth-order valence-electron chi connectivity index (χ4n) is 2.16. The maximum absolute atomic E-state index is 9.54. The van der Waals surface area contributed by atoms with Crippen LogP contribution in [-0.2, 0) is 6.61 Å². The molecule has 0 spiro atoms. The van der Waals surface area contributed by atoms with Crippen LogP contribution in [0.5, 0.6) is 0 Å². The monoisotopic (exact) mass is 222 g/mol. The van der Waals surface area contributed by atoms with Gasteiger partial charge in [0.15, 0.2) is 0 Å². The van der Waals surface area contributed by atoms with Crippen molar-refractivity contribution in [1.82, 2.24) is 4.98 Å². The summed E-state index contributed by atoms with van der Waals surface area (Å²) >= 11 is 0. The molecule has 0 bridgehead atoms. The van der Waals surface area contributed by atoms with E-state index in [-0.39, 0.29) is 12.7 Å². The van der Waals surface area contributed by atoms with Crippen LogP contribution in [0, 0.1) is 5.92 Å². The summed E-state index contributed by atoms with van der Waals surface area (Å²) in [7, 11) is 0. The Morgan fingerprint density at radius 3 is 3.06 bits per heavy atom. The van der Waals surface area contributed by atoms with Gasteiger partial charge < -0.3 is 15.1 Å². The predicted octanol–water partition coefficient (Wildman–Crippen LogP) is 0.781. The fourth-order valence-corrected chi connectivity index (χ4v) is 2.16. The summed E-state index contributed by atoms with van der Waals surface area (Å²) < 4.78 is 0. The molecule has 2 heterocycles. The first-order chi connectivity index (χ1) is 7.70. The fraction of sp³-hybridized carbons (Fsp3) is 0.583. The molecule has 1 aromatic rings. The van der Waals surface area contributed by atoms with E-state index in [9.17, 15) is 5.11 Å². The summed E-state index contributed by atoms with van der Waals surface area (Å²) in [5, 5.41) is 18.6. The van der Waals surface area contributed by atoms with Crippen molar-refractivity contribution in [3.05, 3.63) is 24.0 Å². The molecule has 0 saturated carbocycles. The summed E-state index contributed by atoms with van der Waals surface area (Å²) in [6.45, 7) is 3.67. The van der Waals surface area contributed by atoms with Crippen molar-refractivity contribution in [3.8, 4) is 0 Å². The second kappa shape index (κ2) is 4.80. The second-order valence-electron chi connectivity index (χ2n) is 4.40. The molecule has 1 fully saturated rings. The highest BCUT2D eigenvalue weighted by atomic mass is 16.3. The summed E-state index contributed by atoms with van der Waals surface area (Å²) in [5.41, 5.74) is 1.78. The zero-order valence-corrected chi connectivity index (χ0v) is 9.50. The Hall–Kier alpha value is -1.13. The molecule has 2 unspecified atom stereocenters. The van der Waals surface area contributed by atoms with E-state index in [1.165, 1.54) is 0 Å². The number of hydrogen-bond acceptors (Lipinski definition) is 4. The maximum Gasteiger partial charge on any atom is 0.0853 e. The Bertz CT molecular complexity index is 355. The molecule has 16 heavy (non-hydrogen) atoms. The summed E-state index contributed by atoms with van der Waals surface area (Å²) in [6, 6.07) is 3.86. The number of anilines is 1. The molecular weight excluding hydrogens is 204 g/mol. The van der Waals surface area contributed by atoms with Gasteiger partial charge in [-0.2, -0.15) is 0 Å². The van der Waals surface area contributed by atoms with Crippen LogP contribution in [0.15, 0.2) is 18.3 Å². The van der Waals surface area contributed by atoms with E-state index >= 15 is 0 Å². The lowest BCUT2D eigenvalue weighted by Gasteiger charge is -2.19. The van der Waals surface area contributed by atoms with E-state index in [1.54, 1.807) is 6.20 Å². The van der Waals surface area contributed by atoms with Crippen LogP contribution >= 0.6 is 0 Å². The van der Waals surface area contributed by atoms with E-state index in [4.69, 9.17) is 5.11 Å². The van der Waals surface area contributed by atoms with E-state index in [0.29, 0.717) is 11.6 Å². The van der Waals surface area contributed by atoms with E-state index in [0.717, 1.165) is 25.2 Å². The molecule has 2 atom stereocenters. The average molecular weight is 222 g/mol.